The molecule has 3 nitrogen and oxygen atoms in total. The van der Waals surface area contributed by atoms with Gasteiger partial charge in [-0.15, -0.1) is 0 Å². The normalized spacial score (nSPS) is 12.1. The third kappa shape index (κ3) is 2.45. The van der Waals surface area contributed by atoms with Gasteiger partial charge < -0.3 is 5.11 Å². The van der Waals surface area contributed by atoms with E-state index in [4.69, 9.17) is 0 Å². The maximum Gasteiger partial charge on any atom is 0.418 e. The molecule has 0 aliphatic heterocycles. The van der Waals surface area contributed by atoms with E-state index in [1.54, 1.807) is 13.8 Å². The third-order valence-corrected chi connectivity index (χ3v) is 2.99. The molecule has 0 unspecified atom stereocenters. The SMILES string of the molecule is CC(C)c1cc(C(=O)O)c2cccc(C(F)(F)F)c2n1. The van der Waals surface area contributed by atoms with E-state index >= 15 is 0 Å². The molecular weight excluding hydrogens is 271 g/mol. The molecule has 0 amide bonds. The molecule has 0 saturated carbocycles. The molecule has 0 atom stereocenters. The lowest BCUT2D eigenvalue weighted by atomic mass is 10.0. The second-order valence-electron chi connectivity index (χ2n) is 4.75. The van der Waals surface area contributed by atoms with Crippen molar-refractivity contribution in [1.29, 1.82) is 0 Å². The number of carbonyl (C=O) groups is 1. The Morgan fingerprint density at radius 2 is 1.95 bits per heavy atom. The summed E-state index contributed by atoms with van der Waals surface area (Å²) in [6.07, 6.45) is -4.57. The summed E-state index contributed by atoms with van der Waals surface area (Å²) < 4.78 is 39.0. The van der Waals surface area contributed by atoms with Gasteiger partial charge in [0.05, 0.1) is 16.6 Å². The minimum Gasteiger partial charge on any atom is -0.478 e. The molecule has 1 aromatic heterocycles. The Balaban J connectivity index is 2.91. The number of carboxylic acid groups (broad SMARTS) is 1. The Labute approximate surface area is 113 Å². The van der Waals surface area contributed by atoms with Gasteiger partial charge in [0.1, 0.15) is 0 Å². The highest BCUT2D eigenvalue weighted by molar-refractivity contribution is 6.03. The number of pyridine rings is 1. The van der Waals surface area contributed by atoms with Gasteiger partial charge in [0.15, 0.2) is 0 Å². The van der Waals surface area contributed by atoms with Crippen LogP contribution in [-0.2, 0) is 6.18 Å². The zero-order valence-corrected chi connectivity index (χ0v) is 10.8. The van der Waals surface area contributed by atoms with Crippen LogP contribution < -0.4 is 0 Å². The topological polar surface area (TPSA) is 50.2 Å². The van der Waals surface area contributed by atoms with Gasteiger partial charge in [0, 0.05) is 11.1 Å². The van der Waals surface area contributed by atoms with Crippen LogP contribution in [0.4, 0.5) is 13.2 Å². The number of hydrogen-bond donors (Lipinski definition) is 1. The van der Waals surface area contributed by atoms with Gasteiger partial charge in [0.2, 0.25) is 0 Å². The molecule has 2 rings (SSSR count). The predicted octanol–water partition coefficient (Wildman–Crippen LogP) is 4.08. The highest BCUT2D eigenvalue weighted by Crippen LogP contribution is 2.35. The molecule has 1 aromatic carbocycles. The summed E-state index contributed by atoms with van der Waals surface area (Å²) in [5, 5.41) is 9.17. The Morgan fingerprint density at radius 3 is 2.45 bits per heavy atom. The number of aromatic nitrogens is 1. The van der Waals surface area contributed by atoms with E-state index < -0.39 is 17.7 Å². The predicted molar refractivity (Wildman–Crippen MR) is 67.8 cm³/mol. The van der Waals surface area contributed by atoms with Gasteiger partial charge in [-0.05, 0) is 18.1 Å². The number of halogens is 3. The van der Waals surface area contributed by atoms with Crippen molar-refractivity contribution in [2.24, 2.45) is 0 Å². The van der Waals surface area contributed by atoms with Crippen LogP contribution in [0, 0.1) is 0 Å². The number of para-hydroxylation sites is 1. The lowest BCUT2D eigenvalue weighted by Crippen LogP contribution is -2.10. The summed E-state index contributed by atoms with van der Waals surface area (Å²) in [7, 11) is 0. The number of fused-ring (bicyclic) bond motifs is 1. The number of nitrogens with zero attached hydrogens (tertiary/aromatic N) is 1. The number of alkyl halides is 3. The molecular formula is C14H12F3NO2. The molecule has 20 heavy (non-hydrogen) atoms. The number of rotatable bonds is 2. The van der Waals surface area contributed by atoms with E-state index in [2.05, 4.69) is 4.98 Å². The Morgan fingerprint density at radius 1 is 1.30 bits per heavy atom. The molecule has 0 fully saturated rings. The first-order chi connectivity index (χ1) is 9.21. The fraction of sp³-hybridized carbons (Fsp3) is 0.286. The van der Waals surface area contributed by atoms with E-state index in [9.17, 15) is 23.1 Å². The van der Waals surface area contributed by atoms with Crippen LogP contribution in [0.1, 0.15) is 41.4 Å². The second-order valence-corrected chi connectivity index (χ2v) is 4.75. The Kier molecular flexibility index (Phi) is 3.41. The Bertz CT molecular complexity index is 678. The molecule has 0 spiro atoms. The van der Waals surface area contributed by atoms with Crippen LogP contribution in [0.3, 0.4) is 0 Å². The number of hydrogen-bond acceptors (Lipinski definition) is 2. The van der Waals surface area contributed by atoms with Crippen molar-refractivity contribution >= 4 is 16.9 Å². The van der Waals surface area contributed by atoms with Crippen LogP contribution >= 0.6 is 0 Å². The minimum absolute atomic E-state index is 0.00303. The molecule has 0 bridgehead atoms. The van der Waals surface area contributed by atoms with Crippen LogP contribution in [0.25, 0.3) is 10.9 Å². The average Bonchev–Trinajstić information content (AvgIpc) is 2.35. The maximum atomic E-state index is 13.0. The summed E-state index contributed by atoms with van der Waals surface area (Å²) in [6.45, 7) is 3.49. The lowest BCUT2D eigenvalue weighted by molar-refractivity contribution is -0.136. The maximum absolute atomic E-state index is 13.0. The molecule has 1 N–H and O–H groups in total. The minimum atomic E-state index is -4.57. The van der Waals surface area contributed by atoms with Gasteiger partial charge in [-0.2, -0.15) is 13.2 Å². The van der Waals surface area contributed by atoms with Crippen LogP contribution in [0.2, 0.25) is 0 Å². The van der Waals surface area contributed by atoms with Crippen molar-refractivity contribution in [2.45, 2.75) is 25.9 Å². The number of carboxylic acids is 1. The van der Waals surface area contributed by atoms with Crippen molar-refractivity contribution in [3.05, 3.63) is 41.1 Å². The van der Waals surface area contributed by atoms with Crippen molar-refractivity contribution < 1.29 is 23.1 Å². The summed E-state index contributed by atoms with van der Waals surface area (Å²) in [4.78, 5) is 15.2. The van der Waals surface area contributed by atoms with E-state index in [-0.39, 0.29) is 22.4 Å². The van der Waals surface area contributed by atoms with Crippen molar-refractivity contribution in [1.82, 2.24) is 4.98 Å². The quantitative estimate of drug-likeness (QED) is 0.903. The van der Waals surface area contributed by atoms with Crippen LogP contribution in [0.5, 0.6) is 0 Å². The molecule has 0 saturated heterocycles. The van der Waals surface area contributed by atoms with E-state index in [1.807, 2.05) is 0 Å². The number of benzene rings is 1. The molecule has 0 aliphatic rings. The van der Waals surface area contributed by atoms with Crippen molar-refractivity contribution in [2.75, 3.05) is 0 Å². The van der Waals surface area contributed by atoms with Crippen LogP contribution in [0.15, 0.2) is 24.3 Å². The van der Waals surface area contributed by atoms with E-state index in [0.717, 1.165) is 6.07 Å². The fourth-order valence-corrected chi connectivity index (χ4v) is 1.97. The molecule has 6 heteroatoms. The second kappa shape index (κ2) is 4.77. The standard InChI is InChI=1S/C14H12F3NO2/c1-7(2)11-6-9(13(19)20)8-4-3-5-10(12(8)18-11)14(15,16)17/h3-7H,1-2H3,(H,19,20). The largest absolute Gasteiger partial charge is 0.478 e. The lowest BCUT2D eigenvalue weighted by Gasteiger charge is -2.14. The van der Waals surface area contributed by atoms with Gasteiger partial charge in [0.25, 0.3) is 0 Å². The van der Waals surface area contributed by atoms with Gasteiger partial charge in [-0.3, -0.25) is 4.98 Å². The molecule has 106 valence electrons. The smallest absolute Gasteiger partial charge is 0.418 e. The van der Waals surface area contributed by atoms with E-state index in [0.29, 0.717) is 5.69 Å². The van der Waals surface area contributed by atoms with E-state index in [1.165, 1.54) is 18.2 Å². The zero-order chi connectivity index (χ0) is 15.1. The van der Waals surface area contributed by atoms with Gasteiger partial charge in [-0.1, -0.05) is 26.0 Å². The summed E-state index contributed by atoms with van der Waals surface area (Å²) in [5.41, 5.74) is -1.07. The number of aromatic carboxylic acids is 1. The van der Waals surface area contributed by atoms with Gasteiger partial charge in [-0.25, -0.2) is 4.79 Å². The summed E-state index contributed by atoms with van der Waals surface area (Å²) in [6, 6.07) is 4.76. The van der Waals surface area contributed by atoms with Gasteiger partial charge >= 0.3 is 12.1 Å². The van der Waals surface area contributed by atoms with Crippen LogP contribution in [-0.4, -0.2) is 16.1 Å². The first-order valence-corrected chi connectivity index (χ1v) is 5.96. The third-order valence-electron chi connectivity index (χ3n) is 2.99. The highest BCUT2D eigenvalue weighted by atomic mass is 19.4. The monoisotopic (exact) mass is 283 g/mol. The first kappa shape index (κ1) is 14.3. The first-order valence-electron chi connectivity index (χ1n) is 5.96. The Hall–Kier alpha value is -2.11. The zero-order valence-electron chi connectivity index (χ0n) is 10.8. The fourth-order valence-electron chi connectivity index (χ4n) is 1.97. The average molecular weight is 283 g/mol. The summed E-state index contributed by atoms with van der Waals surface area (Å²) in [5.74, 6) is -1.43. The molecule has 1 heterocycles. The van der Waals surface area contributed by atoms with Crippen molar-refractivity contribution in [3.63, 3.8) is 0 Å². The van der Waals surface area contributed by atoms with Crippen molar-refractivity contribution in [3.8, 4) is 0 Å². The highest BCUT2D eigenvalue weighted by Gasteiger charge is 2.34. The summed E-state index contributed by atoms with van der Waals surface area (Å²) >= 11 is 0. The molecule has 0 radical (unpaired) electrons. The molecule has 2 aromatic rings. The molecule has 0 aliphatic carbocycles.